The highest BCUT2D eigenvalue weighted by Gasteiger charge is 2.36. The van der Waals surface area contributed by atoms with Gasteiger partial charge >= 0.3 is 0 Å². The van der Waals surface area contributed by atoms with Crippen molar-refractivity contribution in [1.82, 2.24) is 15.0 Å². The number of hydrogen-bond acceptors (Lipinski definition) is 3. The SMILES string of the molecule is CC1(C)c2cc(-c3cccnc3)ccc2-c2ccc(-c3nc4ccccc4nc3-c3ccccc3)cc21. The maximum atomic E-state index is 5.13. The molecule has 0 spiro atoms. The van der Waals surface area contributed by atoms with Gasteiger partial charge in [-0.05, 0) is 63.7 Å². The summed E-state index contributed by atoms with van der Waals surface area (Å²) in [4.78, 5) is 14.5. The third-order valence-electron chi connectivity index (χ3n) is 7.56. The number of pyridine rings is 1. The molecule has 2 aromatic heterocycles. The van der Waals surface area contributed by atoms with Gasteiger partial charge in [0.25, 0.3) is 0 Å². The number of rotatable bonds is 3. The fraction of sp³-hybridized carbons (Fsp3) is 0.0882. The van der Waals surface area contributed by atoms with E-state index in [4.69, 9.17) is 9.97 Å². The van der Waals surface area contributed by atoms with Gasteiger partial charge in [0.15, 0.2) is 0 Å². The minimum atomic E-state index is -0.143. The molecule has 6 aromatic rings. The summed E-state index contributed by atoms with van der Waals surface area (Å²) >= 11 is 0. The summed E-state index contributed by atoms with van der Waals surface area (Å²) in [6.45, 7) is 4.64. The largest absolute Gasteiger partial charge is 0.264 e. The van der Waals surface area contributed by atoms with Gasteiger partial charge in [0.2, 0.25) is 0 Å². The average Bonchev–Trinajstić information content (AvgIpc) is 3.18. The highest BCUT2D eigenvalue weighted by Crippen LogP contribution is 2.50. The lowest BCUT2D eigenvalue weighted by Crippen LogP contribution is -2.15. The first-order valence-electron chi connectivity index (χ1n) is 12.6. The van der Waals surface area contributed by atoms with Gasteiger partial charge in [0.1, 0.15) is 0 Å². The summed E-state index contributed by atoms with van der Waals surface area (Å²) in [5.41, 5.74) is 13.2. The maximum absolute atomic E-state index is 5.13. The van der Waals surface area contributed by atoms with Crippen LogP contribution in [0, 0.1) is 0 Å². The van der Waals surface area contributed by atoms with E-state index in [0.29, 0.717) is 0 Å². The zero-order valence-electron chi connectivity index (χ0n) is 20.8. The van der Waals surface area contributed by atoms with Crippen LogP contribution in [0.2, 0.25) is 0 Å². The molecule has 176 valence electrons. The first-order chi connectivity index (χ1) is 18.1. The van der Waals surface area contributed by atoms with Crippen molar-refractivity contribution in [2.45, 2.75) is 19.3 Å². The molecule has 2 heterocycles. The zero-order chi connectivity index (χ0) is 25.0. The molecule has 37 heavy (non-hydrogen) atoms. The van der Waals surface area contributed by atoms with Crippen LogP contribution in [0.15, 0.2) is 116 Å². The van der Waals surface area contributed by atoms with Gasteiger partial charge in [0, 0.05) is 28.9 Å². The van der Waals surface area contributed by atoms with Crippen LogP contribution in [0.25, 0.3) is 55.8 Å². The number of aromatic nitrogens is 3. The fourth-order valence-corrected chi connectivity index (χ4v) is 5.60. The smallest absolute Gasteiger partial charge is 0.0973 e. The van der Waals surface area contributed by atoms with Crippen LogP contribution in [0.1, 0.15) is 25.0 Å². The quantitative estimate of drug-likeness (QED) is 0.258. The van der Waals surface area contributed by atoms with Gasteiger partial charge in [-0.3, -0.25) is 4.98 Å². The van der Waals surface area contributed by atoms with Crippen molar-refractivity contribution < 1.29 is 0 Å². The highest BCUT2D eigenvalue weighted by atomic mass is 14.8. The molecule has 0 saturated carbocycles. The second kappa shape index (κ2) is 8.21. The monoisotopic (exact) mass is 475 g/mol. The molecule has 0 fully saturated rings. The molecule has 0 atom stereocenters. The van der Waals surface area contributed by atoms with Gasteiger partial charge in [-0.1, -0.05) is 86.6 Å². The van der Waals surface area contributed by atoms with E-state index >= 15 is 0 Å². The maximum Gasteiger partial charge on any atom is 0.0973 e. The minimum absolute atomic E-state index is 0.143. The van der Waals surface area contributed by atoms with E-state index in [1.54, 1.807) is 0 Å². The normalized spacial score (nSPS) is 13.4. The van der Waals surface area contributed by atoms with Crippen molar-refractivity contribution in [2.75, 3.05) is 0 Å². The van der Waals surface area contributed by atoms with Crippen molar-refractivity contribution in [1.29, 1.82) is 0 Å². The van der Waals surface area contributed by atoms with E-state index in [9.17, 15) is 0 Å². The molecular formula is C34H25N3. The zero-order valence-corrected chi connectivity index (χ0v) is 20.8. The standard InChI is InChI=1S/C34H25N3/c1-34(2)28-19-23(25-11-8-18-35-21-25)14-16-26(28)27-17-15-24(20-29(27)34)33-32(22-9-4-3-5-10-22)36-30-12-6-7-13-31(30)37-33/h3-21H,1-2H3. The van der Waals surface area contributed by atoms with E-state index in [-0.39, 0.29) is 5.41 Å². The Kier molecular flexibility index (Phi) is 4.80. The summed E-state index contributed by atoms with van der Waals surface area (Å²) < 4.78 is 0. The molecule has 0 saturated heterocycles. The third kappa shape index (κ3) is 3.47. The van der Waals surface area contributed by atoms with Crippen LogP contribution in [0.3, 0.4) is 0 Å². The van der Waals surface area contributed by atoms with Gasteiger partial charge in [-0.2, -0.15) is 0 Å². The van der Waals surface area contributed by atoms with E-state index in [0.717, 1.165) is 39.1 Å². The number of nitrogens with zero attached hydrogens (tertiary/aromatic N) is 3. The topological polar surface area (TPSA) is 38.7 Å². The summed E-state index contributed by atoms with van der Waals surface area (Å²) in [6, 6.07) is 36.1. The molecule has 0 aliphatic heterocycles. The summed E-state index contributed by atoms with van der Waals surface area (Å²) in [5, 5.41) is 0. The molecule has 0 radical (unpaired) electrons. The molecule has 3 nitrogen and oxygen atoms in total. The van der Waals surface area contributed by atoms with Crippen molar-refractivity contribution >= 4 is 11.0 Å². The lowest BCUT2D eigenvalue weighted by atomic mass is 9.81. The Labute approximate surface area is 216 Å². The van der Waals surface area contributed by atoms with Gasteiger partial charge < -0.3 is 0 Å². The Morgan fingerprint density at radius 1 is 0.514 bits per heavy atom. The molecule has 0 amide bonds. The van der Waals surface area contributed by atoms with Gasteiger partial charge in [-0.15, -0.1) is 0 Å². The van der Waals surface area contributed by atoms with Crippen LogP contribution in [0.4, 0.5) is 0 Å². The fourth-order valence-electron chi connectivity index (χ4n) is 5.60. The minimum Gasteiger partial charge on any atom is -0.264 e. The third-order valence-corrected chi connectivity index (χ3v) is 7.56. The first-order valence-corrected chi connectivity index (χ1v) is 12.6. The first kappa shape index (κ1) is 21.6. The lowest BCUT2D eigenvalue weighted by Gasteiger charge is -2.23. The molecule has 0 unspecified atom stereocenters. The lowest BCUT2D eigenvalue weighted by molar-refractivity contribution is 0.661. The Balaban J connectivity index is 1.40. The van der Waals surface area contributed by atoms with Crippen molar-refractivity contribution in [2.24, 2.45) is 0 Å². The second-order valence-corrected chi connectivity index (χ2v) is 10.2. The summed E-state index contributed by atoms with van der Waals surface area (Å²) in [5.74, 6) is 0. The molecular weight excluding hydrogens is 450 g/mol. The number of fused-ring (bicyclic) bond motifs is 4. The number of hydrogen-bond donors (Lipinski definition) is 0. The molecule has 0 N–H and O–H groups in total. The van der Waals surface area contributed by atoms with Crippen LogP contribution in [-0.2, 0) is 5.41 Å². The molecule has 7 rings (SSSR count). The van der Waals surface area contributed by atoms with Gasteiger partial charge in [-0.25, -0.2) is 9.97 Å². The van der Waals surface area contributed by atoms with Crippen LogP contribution >= 0.6 is 0 Å². The summed E-state index contributed by atoms with van der Waals surface area (Å²) in [7, 11) is 0. The Hall–Kier alpha value is -4.63. The number of benzene rings is 4. The van der Waals surface area contributed by atoms with Crippen molar-refractivity contribution in [3.05, 3.63) is 127 Å². The highest BCUT2D eigenvalue weighted by molar-refractivity contribution is 5.89. The molecule has 4 aromatic carbocycles. The summed E-state index contributed by atoms with van der Waals surface area (Å²) in [6.07, 6.45) is 3.75. The Morgan fingerprint density at radius 2 is 1.08 bits per heavy atom. The average molecular weight is 476 g/mol. The van der Waals surface area contributed by atoms with Crippen LogP contribution < -0.4 is 0 Å². The van der Waals surface area contributed by atoms with Crippen LogP contribution in [-0.4, -0.2) is 15.0 Å². The van der Waals surface area contributed by atoms with E-state index in [1.807, 2.05) is 48.8 Å². The Morgan fingerprint density at radius 3 is 1.73 bits per heavy atom. The Bertz CT molecular complexity index is 1790. The molecule has 1 aliphatic carbocycles. The molecule has 3 heteroatoms. The molecule has 0 bridgehead atoms. The van der Waals surface area contributed by atoms with Crippen molar-refractivity contribution in [3.63, 3.8) is 0 Å². The molecule has 1 aliphatic rings. The number of para-hydroxylation sites is 2. The van der Waals surface area contributed by atoms with E-state index in [1.165, 1.54) is 27.8 Å². The predicted octanol–water partition coefficient (Wildman–Crippen LogP) is 8.33. The van der Waals surface area contributed by atoms with Gasteiger partial charge in [0.05, 0.1) is 22.4 Å². The van der Waals surface area contributed by atoms with E-state index < -0.39 is 0 Å². The predicted molar refractivity (Wildman–Crippen MR) is 151 cm³/mol. The van der Waals surface area contributed by atoms with E-state index in [2.05, 4.69) is 85.6 Å². The van der Waals surface area contributed by atoms with Crippen LogP contribution in [0.5, 0.6) is 0 Å². The second-order valence-electron chi connectivity index (χ2n) is 10.2. The van der Waals surface area contributed by atoms with Crippen molar-refractivity contribution in [3.8, 4) is 44.8 Å².